The highest BCUT2D eigenvalue weighted by Crippen LogP contribution is 2.18. The first-order valence-corrected chi connectivity index (χ1v) is 9.48. The molecule has 6 nitrogen and oxygen atoms in total. The molecule has 140 valence electrons. The maximum Gasteiger partial charge on any atom is 0.449 e. The predicted molar refractivity (Wildman–Crippen MR) is 103 cm³/mol. The van der Waals surface area contributed by atoms with Crippen LogP contribution in [0, 0.1) is 0 Å². The van der Waals surface area contributed by atoms with E-state index in [1.165, 1.54) is 0 Å². The zero-order valence-corrected chi connectivity index (χ0v) is 15.6. The molecule has 0 fully saturated rings. The van der Waals surface area contributed by atoms with Crippen LogP contribution in [0.15, 0.2) is 48.5 Å². The fraction of sp³-hybridized carbons (Fsp3) is 0.263. The van der Waals surface area contributed by atoms with Gasteiger partial charge in [0.05, 0.1) is 6.61 Å². The van der Waals surface area contributed by atoms with E-state index in [1.54, 1.807) is 24.3 Å². The zero-order valence-electron chi connectivity index (χ0n) is 14.8. The summed E-state index contributed by atoms with van der Waals surface area (Å²) < 4.78 is 32.7. The molecule has 0 heterocycles. The highest BCUT2D eigenvalue weighted by atomic mass is 32.3. The second kappa shape index (κ2) is 9.38. The van der Waals surface area contributed by atoms with E-state index in [9.17, 15) is 8.42 Å². The molecule has 0 radical (unpaired) electrons. The molecule has 2 rings (SSSR count). The van der Waals surface area contributed by atoms with Gasteiger partial charge in [-0.3, -0.25) is 0 Å². The normalized spacial score (nSPS) is 11.7. The smallest absolute Gasteiger partial charge is 0.396 e. The van der Waals surface area contributed by atoms with E-state index in [-0.39, 0.29) is 25.4 Å². The third-order valence-corrected chi connectivity index (χ3v) is 4.34. The van der Waals surface area contributed by atoms with E-state index in [4.69, 9.17) is 9.29 Å². The second-order valence-electron chi connectivity index (χ2n) is 5.78. The summed E-state index contributed by atoms with van der Waals surface area (Å²) in [5.41, 5.74) is 3.11. The molecule has 0 bridgehead atoms. The maximum atomic E-state index is 11.6. The summed E-state index contributed by atoms with van der Waals surface area (Å²) >= 11 is 0. The van der Waals surface area contributed by atoms with Crippen LogP contribution in [-0.2, 0) is 14.6 Å². The van der Waals surface area contributed by atoms with Crippen molar-refractivity contribution in [2.45, 2.75) is 6.42 Å². The van der Waals surface area contributed by atoms with Gasteiger partial charge in [-0.1, -0.05) is 36.4 Å². The Bertz CT molecular complexity index is 812. The van der Waals surface area contributed by atoms with E-state index in [0.29, 0.717) is 0 Å². The Balaban J connectivity index is 1.96. The first-order chi connectivity index (χ1) is 12.4. The first kappa shape index (κ1) is 20.0. The van der Waals surface area contributed by atoms with E-state index in [2.05, 4.69) is 4.18 Å². The van der Waals surface area contributed by atoms with Crippen LogP contribution in [0.2, 0.25) is 0 Å². The van der Waals surface area contributed by atoms with Crippen LogP contribution in [0.1, 0.15) is 17.5 Å². The molecule has 0 aliphatic rings. The molecule has 2 aromatic carbocycles. The first-order valence-electron chi connectivity index (χ1n) is 8.15. The van der Waals surface area contributed by atoms with Crippen LogP contribution in [0.5, 0.6) is 5.75 Å². The van der Waals surface area contributed by atoms with Crippen molar-refractivity contribution >= 4 is 28.2 Å². The second-order valence-corrected chi connectivity index (χ2v) is 7.00. The quantitative estimate of drug-likeness (QED) is 0.535. The molecular weight excluding hydrogens is 354 g/mol. The van der Waals surface area contributed by atoms with Gasteiger partial charge in [-0.15, -0.1) is 0 Å². The fourth-order valence-corrected chi connectivity index (χ4v) is 2.79. The maximum absolute atomic E-state index is 11.6. The highest BCUT2D eigenvalue weighted by Gasteiger charge is 2.13. The molecule has 0 spiro atoms. The van der Waals surface area contributed by atoms with Crippen molar-refractivity contribution < 1.29 is 21.9 Å². The molecule has 0 aliphatic heterocycles. The molecule has 26 heavy (non-hydrogen) atoms. The average molecular weight is 377 g/mol. The number of anilines is 1. The van der Waals surface area contributed by atoms with Crippen LogP contribution >= 0.6 is 0 Å². The number of rotatable bonds is 9. The van der Waals surface area contributed by atoms with E-state index in [0.717, 1.165) is 16.8 Å². The van der Waals surface area contributed by atoms with Crippen molar-refractivity contribution in [1.82, 2.24) is 0 Å². The Kier molecular flexibility index (Phi) is 7.20. The number of aliphatic hydroxyl groups is 1. The van der Waals surface area contributed by atoms with Crippen LogP contribution in [0.3, 0.4) is 0 Å². The molecule has 0 unspecified atom stereocenters. The SMILES string of the molecule is CN(C)c1ccc(C=Cc2ccc(OS(=O)(=O)OCCCO)cc2)cc1. The monoisotopic (exact) mass is 377 g/mol. The van der Waals surface area contributed by atoms with Gasteiger partial charge in [-0.05, 0) is 41.8 Å². The van der Waals surface area contributed by atoms with Crippen molar-refractivity contribution in [3.63, 3.8) is 0 Å². The van der Waals surface area contributed by atoms with Gasteiger partial charge in [0.15, 0.2) is 0 Å². The molecule has 0 saturated carbocycles. The molecule has 2 aromatic rings. The summed E-state index contributed by atoms with van der Waals surface area (Å²) in [4.78, 5) is 2.04. The highest BCUT2D eigenvalue weighted by molar-refractivity contribution is 7.82. The number of hydrogen-bond acceptors (Lipinski definition) is 6. The third-order valence-electron chi connectivity index (χ3n) is 3.49. The topological polar surface area (TPSA) is 76.1 Å². The van der Waals surface area contributed by atoms with Crippen molar-refractivity contribution in [2.75, 3.05) is 32.2 Å². The van der Waals surface area contributed by atoms with Crippen LogP contribution in [0.4, 0.5) is 5.69 Å². The van der Waals surface area contributed by atoms with Gasteiger partial charge in [-0.25, -0.2) is 4.18 Å². The minimum atomic E-state index is -4.12. The molecule has 0 atom stereocenters. The lowest BCUT2D eigenvalue weighted by atomic mass is 10.1. The lowest BCUT2D eigenvalue weighted by Crippen LogP contribution is -2.14. The molecule has 0 amide bonds. The largest absolute Gasteiger partial charge is 0.449 e. The summed E-state index contributed by atoms with van der Waals surface area (Å²) in [6.45, 7) is -0.263. The third kappa shape index (κ3) is 6.51. The molecule has 1 N–H and O–H groups in total. The minimum Gasteiger partial charge on any atom is -0.396 e. The van der Waals surface area contributed by atoms with Crippen molar-refractivity contribution in [2.24, 2.45) is 0 Å². The number of benzene rings is 2. The lowest BCUT2D eigenvalue weighted by Gasteiger charge is -2.11. The number of aliphatic hydroxyl groups excluding tert-OH is 1. The molecule has 0 aliphatic carbocycles. The van der Waals surface area contributed by atoms with Gasteiger partial charge >= 0.3 is 10.4 Å². The van der Waals surface area contributed by atoms with Gasteiger partial charge in [0, 0.05) is 26.4 Å². The van der Waals surface area contributed by atoms with Gasteiger partial charge < -0.3 is 14.2 Å². The van der Waals surface area contributed by atoms with Crippen molar-refractivity contribution in [3.8, 4) is 5.75 Å². The Morgan fingerprint density at radius 1 is 0.962 bits per heavy atom. The van der Waals surface area contributed by atoms with Crippen LogP contribution < -0.4 is 9.08 Å². The van der Waals surface area contributed by atoms with Gasteiger partial charge in [0.1, 0.15) is 5.75 Å². The molecule has 0 saturated heterocycles. The number of nitrogens with zero attached hydrogens (tertiary/aromatic N) is 1. The average Bonchev–Trinajstić information content (AvgIpc) is 2.61. The zero-order chi connectivity index (χ0) is 19.0. The Hall–Kier alpha value is -2.35. The molecular formula is C19H23NO5S. The predicted octanol–water partition coefficient (Wildman–Crippen LogP) is 2.95. The van der Waals surface area contributed by atoms with Gasteiger partial charge in [0.25, 0.3) is 0 Å². The molecule has 7 heteroatoms. The Morgan fingerprint density at radius 2 is 1.50 bits per heavy atom. The lowest BCUT2D eigenvalue weighted by molar-refractivity contribution is 0.221. The van der Waals surface area contributed by atoms with Crippen molar-refractivity contribution in [3.05, 3.63) is 59.7 Å². The van der Waals surface area contributed by atoms with E-state index in [1.807, 2.05) is 55.4 Å². The van der Waals surface area contributed by atoms with Crippen LogP contribution in [-0.4, -0.2) is 40.8 Å². The van der Waals surface area contributed by atoms with Crippen molar-refractivity contribution in [1.29, 1.82) is 0 Å². The van der Waals surface area contributed by atoms with E-state index >= 15 is 0 Å². The minimum absolute atomic E-state index is 0.119. The summed E-state index contributed by atoms with van der Waals surface area (Å²) in [7, 11) is -0.134. The Morgan fingerprint density at radius 3 is 2.00 bits per heavy atom. The molecule has 0 aromatic heterocycles. The fourth-order valence-electron chi connectivity index (χ4n) is 2.08. The summed E-state index contributed by atoms with van der Waals surface area (Å²) in [6.07, 6.45) is 4.13. The van der Waals surface area contributed by atoms with Crippen LogP contribution in [0.25, 0.3) is 12.2 Å². The summed E-state index contributed by atoms with van der Waals surface area (Å²) in [5.74, 6) is 0.168. The standard InChI is InChI=1S/C19H23NO5S/c1-20(2)18-10-6-16(7-11-18)4-5-17-8-12-19(13-9-17)25-26(22,23)24-15-3-14-21/h4-13,21H,3,14-15H2,1-2H3. The van der Waals surface area contributed by atoms with Gasteiger partial charge in [-0.2, -0.15) is 8.42 Å². The van der Waals surface area contributed by atoms with Gasteiger partial charge in [0.2, 0.25) is 0 Å². The summed E-state index contributed by atoms with van der Waals surface area (Å²) in [5, 5.41) is 8.63. The number of hydrogen-bond donors (Lipinski definition) is 1. The Labute approximate surface area is 154 Å². The summed E-state index contributed by atoms with van der Waals surface area (Å²) in [6, 6.07) is 14.8. The van der Waals surface area contributed by atoms with E-state index < -0.39 is 10.4 Å².